The predicted molar refractivity (Wildman–Crippen MR) is 69.0 cm³/mol. The fraction of sp³-hybridized carbons (Fsp3) is 0.400. The number of rotatable bonds is 3. The van der Waals surface area contributed by atoms with Crippen LogP contribution >= 0.6 is 0 Å². The van der Waals surface area contributed by atoms with Crippen LogP contribution in [0.5, 0.6) is 0 Å². The molecule has 1 aromatic rings. The number of carbonyl (C=O) groups excluding carboxylic acids is 1. The van der Waals surface area contributed by atoms with E-state index in [1.54, 1.807) is 0 Å². The van der Waals surface area contributed by atoms with Crippen molar-refractivity contribution in [3.8, 4) is 0 Å². The van der Waals surface area contributed by atoms with Gasteiger partial charge < -0.3 is 9.84 Å². The van der Waals surface area contributed by atoms with Gasteiger partial charge in [-0.05, 0) is 17.9 Å². The third kappa shape index (κ3) is 2.55. The third-order valence-electron chi connectivity index (χ3n) is 3.08. The van der Waals surface area contributed by atoms with Crippen molar-refractivity contribution in [2.45, 2.75) is 32.3 Å². The Morgan fingerprint density at radius 1 is 1.33 bits per heavy atom. The number of cyclic esters (lactones) is 1. The van der Waals surface area contributed by atoms with Crippen molar-refractivity contribution in [3.63, 3.8) is 0 Å². The molecule has 0 aromatic heterocycles. The summed E-state index contributed by atoms with van der Waals surface area (Å²) in [6.45, 7) is 4.15. The van der Waals surface area contributed by atoms with Crippen molar-refractivity contribution in [2.75, 3.05) is 0 Å². The van der Waals surface area contributed by atoms with Gasteiger partial charge in [0.1, 0.15) is 11.4 Å². The summed E-state index contributed by atoms with van der Waals surface area (Å²) in [6, 6.07) is 9.64. The van der Waals surface area contributed by atoms with Crippen molar-refractivity contribution >= 4 is 5.97 Å². The molecule has 0 saturated carbocycles. The number of hydrogen-bond acceptors (Lipinski definition) is 3. The van der Waals surface area contributed by atoms with E-state index in [1.165, 1.54) is 0 Å². The second kappa shape index (κ2) is 4.84. The molecule has 2 rings (SSSR count). The van der Waals surface area contributed by atoms with E-state index in [4.69, 9.17) is 4.74 Å². The SMILES string of the molecule is CC(C)C[C@@]1(c2ccccc2)CC(O)=CC(=O)O1. The molecule has 1 aliphatic heterocycles. The smallest absolute Gasteiger partial charge is 0.335 e. The van der Waals surface area contributed by atoms with Crippen molar-refractivity contribution in [1.82, 2.24) is 0 Å². The highest BCUT2D eigenvalue weighted by molar-refractivity contribution is 5.84. The number of benzene rings is 1. The van der Waals surface area contributed by atoms with Gasteiger partial charge in [0.15, 0.2) is 0 Å². The Kier molecular flexibility index (Phi) is 3.41. The van der Waals surface area contributed by atoms with Crippen molar-refractivity contribution in [3.05, 3.63) is 47.7 Å². The lowest BCUT2D eigenvalue weighted by molar-refractivity contribution is -0.160. The van der Waals surface area contributed by atoms with Gasteiger partial charge in [-0.15, -0.1) is 0 Å². The Morgan fingerprint density at radius 3 is 2.56 bits per heavy atom. The fourth-order valence-electron chi connectivity index (χ4n) is 2.53. The fourth-order valence-corrected chi connectivity index (χ4v) is 2.53. The number of aliphatic hydroxyl groups is 1. The van der Waals surface area contributed by atoms with E-state index in [0.717, 1.165) is 11.6 Å². The summed E-state index contributed by atoms with van der Waals surface area (Å²) in [6.07, 6.45) is 2.20. The maximum atomic E-state index is 11.6. The minimum Gasteiger partial charge on any atom is -0.512 e. The first-order valence-corrected chi connectivity index (χ1v) is 6.20. The number of carbonyl (C=O) groups is 1. The predicted octanol–water partition coefficient (Wildman–Crippen LogP) is 3.32. The van der Waals surface area contributed by atoms with Crippen LogP contribution in [0.1, 0.15) is 32.3 Å². The van der Waals surface area contributed by atoms with Gasteiger partial charge in [-0.2, -0.15) is 0 Å². The second-order valence-electron chi connectivity index (χ2n) is 5.19. The molecule has 3 nitrogen and oxygen atoms in total. The molecule has 0 fully saturated rings. The molecule has 1 aromatic carbocycles. The largest absolute Gasteiger partial charge is 0.512 e. The molecule has 1 N–H and O–H groups in total. The average Bonchev–Trinajstić information content (AvgIpc) is 2.27. The Bertz CT molecular complexity index is 462. The molecule has 96 valence electrons. The molecule has 0 amide bonds. The molecule has 1 atom stereocenters. The molecule has 0 aliphatic carbocycles. The molecule has 0 saturated heterocycles. The van der Waals surface area contributed by atoms with Crippen molar-refractivity contribution in [1.29, 1.82) is 0 Å². The summed E-state index contributed by atoms with van der Waals surface area (Å²) in [5.41, 5.74) is 0.206. The molecule has 18 heavy (non-hydrogen) atoms. The van der Waals surface area contributed by atoms with E-state index < -0.39 is 11.6 Å². The van der Waals surface area contributed by atoms with Gasteiger partial charge in [-0.25, -0.2) is 4.79 Å². The van der Waals surface area contributed by atoms with Gasteiger partial charge in [0.05, 0.1) is 6.08 Å². The highest BCUT2D eigenvalue weighted by atomic mass is 16.6. The van der Waals surface area contributed by atoms with E-state index in [1.807, 2.05) is 30.3 Å². The van der Waals surface area contributed by atoms with E-state index in [2.05, 4.69) is 13.8 Å². The Labute approximate surface area is 107 Å². The van der Waals surface area contributed by atoms with Crippen LogP contribution in [0.4, 0.5) is 0 Å². The highest BCUT2D eigenvalue weighted by Gasteiger charge is 2.40. The zero-order valence-electron chi connectivity index (χ0n) is 10.7. The van der Waals surface area contributed by atoms with Crippen LogP contribution in [0.25, 0.3) is 0 Å². The number of ether oxygens (including phenoxy) is 1. The second-order valence-corrected chi connectivity index (χ2v) is 5.19. The maximum absolute atomic E-state index is 11.6. The Morgan fingerprint density at radius 2 is 2.00 bits per heavy atom. The highest BCUT2D eigenvalue weighted by Crippen LogP contribution is 2.40. The van der Waals surface area contributed by atoms with Gasteiger partial charge in [-0.1, -0.05) is 44.2 Å². The van der Waals surface area contributed by atoms with Gasteiger partial charge in [0.25, 0.3) is 0 Å². The Hall–Kier alpha value is -1.77. The maximum Gasteiger partial charge on any atom is 0.335 e. The molecule has 0 unspecified atom stereocenters. The molecular formula is C15H18O3. The third-order valence-corrected chi connectivity index (χ3v) is 3.08. The summed E-state index contributed by atoms with van der Waals surface area (Å²) >= 11 is 0. The topological polar surface area (TPSA) is 46.5 Å². The molecule has 0 spiro atoms. The van der Waals surface area contributed by atoms with Crippen LogP contribution in [0.2, 0.25) is 0 Å². The summed E-state index contributed by atoms with van der Waals surface area (Å²) in [7, 11) is 0. The summed E-state index contributed by atoms with van der Waals surface area (Å²) < 4.78 is 5.57. The van der Waals surface area contributed by atoms with Crippen LogP contribution in [0, 0.1) is 5.92 Å². The van der Waals surface area contributed by atoms with Gasteiger partial charge >= 0.3 is 5.97 Å². The van der Waals surface area contributed by atoms with Crippen LogP contribution < -0.4 is 0 Å². The zero-order valence-corrected chi connectivity index (χ0v) is 10.7. The van der Waals surface area contributed by atoms with E-state index >= 15 is 0 Å². The molecular weight excluding hydrogens is 228 g/mol. The van der Waals surface area contributed by atoms with Crippen molar-refractivity contribution in [2.24, 2.45) is 5.92 Å². The lowest BCUT2D eigenvalue weighted by Gasteiger charge is -2.37. The van der Waals surface area contributed by atoms with Crippen molar-refractivity contribution < 1.29 is 14.6 Å². The first-order chi connectivity index (χ1) is 8.52. The van der Waals surface area contributed by atoms with Crippen LogP contribution in [-0.4, -0.2) is 11.1 Å². The normalized spacial score (nSPS) is 23.7. The number of esters is 1. The van der Waals surface area contributed by atoms with Gasteiger partial charge in [0.2, 0.25) is 0 Å². The lowest BCUT2D eigenvalue weighted by atomic mass is 9.81. The first-order valence-electron chi connectivity index (χ1n) is 6.20. The van der Waals surface area contributed by atoms with E-state index in [-0.39, 0.29) is 5.76 Å². The number of aliphatic hydroxyl groups excluding tert-OH is 1. The monoisotopic (exact) mass is 246 g/mol. The molecule has 1 aliphatic rings. The quantitative estimate of drug-likeness (QED) is 0.832. The summed E-state index contributed by atoms with van der Waals surface area (Å²) in [5, 5.41) is 9.75. The zero-order chi connectivity index (χ0) is 13.2. The Balaban J connectivity index is 2.42. The van der Waals surface area contributed by atoms with E-state index in [0.29, 0.717) is 18.8 Å². The van der Waals surface area contributed by atoms with Crippen LogP contribution in [0.3, 0.4) is 0 Å². The molecule has 0 radical (unpaired) electrons. The molecule has 0 bridgehead atoms. The van der Waals surface area contributed by atoms with Gasteiger partial charge in [0, 0.05) is 6.42 Å². The molecule has 1 heterocycles. The average molecular weight is 246 g/mol. The minimum absolute atomic E-state index is 0.0933. The number of hydrogen-bond donors (Lipinski definition) is 1. The first kappa shape index (κ1) is 12.7. The standard InChI is InChI=1S/C15H18O3/c1-11(2)9-15(12-6-4-3-5-7-12)10-13(16)8-14(17)18-15/h3-8,11,16H,9-10H2,1-2H3/t15-/m0/s1. The van der Waals surface area contributed by atoms with Gasteiger partial charge in [-0.3, -0.25) is 0 Å². The lowest BCUT2D eigenvalue weighted by Crippen LogP contribution is -2.37. The van der Waals surface area contributed by atoms with Crippen LogP contribution in [-0.2, 0) is 15.1 Å². The minimum atomic E-state index is -0.731. The summed E-state index contributed by atoms with van der Waals surface area (Å²) in [4.78, 5) is 11.6. The van der Waals surface area contributed by atoms with Crippen LogP contribution in [0.15, 0.2) is 42.2 Å². The molecule has 3 heteroatoms. The van der Waals surface area contributed by atoms with E-state index in [9.17, 15) is 9.90 Å². The summed E-state index contributed by atoms with van der Waals surface area (Å²) in [5.74, 6) is -0.0112.